The molecule has 0 amide bonds. The summed E-state index contributed by atoms with van der Waals surface area (Å²) < 4.78 is 18.7. The lowest BCUT2D eigenvalue weighted by Crippen LogP contribution is -2.41. The Bertz CT molecular complexity index is 402. The normalized spacial score (nSPS) is 22.0. The number of benzene rings is 1. The minimum Gasteiger partial charge on any atom is -0.380 e. The summed E-state index contributed by atoms with van der Waals surface area (Å²) in [6, 6.07) is 7.56. The maximum atomic E-state index is 13.1. The van der Waals surface area contributed by atoms with Gasteiger partial charge in [0.2, 0.25) is 0 Å². The molecule has 0 bridgehead atoms. The van der Waals surface area contributed by atoms with Crippen LogP contribution < -0.4 is 5.32 Å². The monoisotopic (exact) mass is 279 g/mol. The fraction of sp³-hybridized carbons (Fsp3) is 0.647. The quantitative estimate of drug-likeness (QED) is 0.732. The van der Waals surface area contributed by atoms with Gasteiger partial charge in [0, 0.05) is 19.2 Å². The largest absolute Gasteiger partial charge is 0.380 e. The molecule has 0 heterocycles. The second-order valence-electron chi connectivity index (χ2n) is 6.17. The van der Waals surface area contributed by atoms with Gasteiger partial charge in [0.15, 0.2) is 0 Å². The molecule has 0 aromatic heterocycles. The molecule has 1 aliphatic rings. The highest BCUT2D eigenvalue weighted by Gasteiger charge is 2.29. The van der Waals surface area contributed by atoms with E-state index in [0.717, 1.165) is 44.6 Å². The van der Waals surface area contributed by atoms with Gasteiger partial charge < -0.3 is 10.1 Å². The van der Waals surface area contributed by atoms with Crippen molar-refractivity contribution < 1.29 is 9.13 Å². The molecule has 1 aliphatic carbocycles. The number of hydrogen-bond acceptors (Lipinski definition) is 2. The van der Waals surface area contributed by atoms with Crippen LogP contribution in [0.4, 0.5) is 4.39 Å². The first-order valence-electron chi connectivity index (χ1n) is 7.71. The van der Waals surface area contributed by atoms with E-state index in [1.54, 1.807) is 12.1 Å². The van der Waals surface area contributed by atoms with Crippen LogP contribution in [0.3, 0.4) is 0 Å². The van der Waals surface area contributed by atoms with Gasteiger partial charge in [-0.3, -0.25) is 0 Å². The Morgan fingerprint density at radius 1 is 1.30 bits per heavy atom. The number of nitrogens with one attached hydrogen (secondary N) is 1. The zero-order valence-electron chi connectivity index (χ0n) is 12.6. The summed E-state index contributed by atoms with van der Waals surface area (Å²) >= 11 is 0. The molecule has 112 valence electrons. The molecule has 2 nitrogen and oxygen atoms in total. The van der Waals surface area contributed by atoms with Crippen LogP contribution in [0, 0.1) is 11.7 Å². The standard InChI is InChI=1S/C17H26FNO/c1-13(2)6-8-20-9-7-19-17-11-15(12-17)14-4-3-5-16(18)10-14/h3-5,10,13,15,17,19H,6-9,11-12H2,1-2H3. The maximum Gasteiger partial charge on any atom is 0.123 e. The summed E-state index contributed by atoms with van der Waals surface area (Å²) in [5.41, 5.74) is 1.14. The molecule has 0 spiro atoms. The van der Waals surface area contributed by atoms with Crippen molar-refractivity contribution >= 4 is 0 Å². The number of halogens is 1. The summed E-state index contributed by atoms with van der Waals surface area (Å²) in [5, 5.41) is 3.50. The third-order valence-corrected chi connectivity index (χ3v) is 3.98. The van der Waals surface area contributed by atoms with Crippen molar-refractivity contribution in [2.24, 2.45) is 5.92 Å². The lowest BCUT2D eigenvalue weighted by Gasteiger charge is -2.36. The fourth-order valence-electron chi connectivity index (χ4n) is 2.57. The van der Waals surface area contributed by atoms with Crippen molar-refractivity contribution in [1.29, 1.82) is 0 Å². The second kappa shape index (κ2) is 7.75. The van der Waals surface area contributed by atoms with E-state index in [-0.39, 0.29) is 5.82 Å². The SMILES string of the molecule is CC(C)CCOCCNC1CC(c2cccc(F)c2)C1. The van der Waals surface area contributed by atoms with Crippen molar-refractivity contribution in [1.82, 2.24) is 5.32 Å². The third kappa shape index (κ3) is 4.88. The molecule has 1 fully saturated rings. The highest BCUT2D eigenvalue weighted by molar-refractivity contribution is 5.23. The average molecular weight is 279 g/mol. The average Bonchev–Trinajstić information content (AvgIpc) is 2.35. The molecular weight excluding hydrogens is 253 g/mol. The van der Waals surface area contributed by atoms with Crippen LogP contribution in [0.2, 0.25) is 0 Å². The third-order valence-electron chi connectivity index (χ3n) is 3.98. The van der Waals surface area contributed by atoms with E-state index in [0.29, 0.717) is 17.9 Å². The van der Waals surface area contributed by atoms with Crippen molar-refractivity contribution in [2.45, 2.75) is 45.1 Å². The zero-order valence-corrected chi connectivity index (χ0v) is 12.6. The molecule has 1 saturated carbocycles. The van der Waals surface area contributed by atoms with Crippen molar-refractivity contribution in [3.8, 4) is 0 Å². The Morgan fingerprint density at radius 2 is 2.10 bits per heavy atom. The predicted octanol–water partition coefficient (Wildman–Crippen LogP) is 3.72. The molecule has 1 aromatic rings. The lowest BCUT2D eigenvalue weighted by atomic mass is 9.76. The minimum atomic E-state index is -0.127. The first kappa shape index (κ1) is 15.5. The molecule has 0 radical (unpaired) electrons. The molecule has 0 atom stereocenters. The van der Waals surface area contributed by atoms with Crippen molar-refractivity contribution in [3.63, 3.8) is 0 Å². The minimum absolute atomic E-state index is 0.127. The van der Waals surface area contributed by atoms with Crippen molar-refractivity contribution in [3.05, 3.63) is 35.6 Å². The molecule has 0 unspecified atom stereocenters. The van der Waals surface area contributed by atoms with E-state index in [1.165, 1.54) is 6.07 Å². The van der Waals surface area contributed by atoms with Crippen LogP contribution in [0.1, 0.15) is 44.6 Å². The smallest absolute Gasteiger partial charge is 0.123 e. The van der Waals surface area contributed by atoms with Crippen LogP contribution in [0.5, 0.6) is 0 Å². The Labute approximate surface area is 121 Å². The fourth-order valence-corrected chi connectivity index (χ4v) is 2.57. The van der Waals surface area contributed by atoms with Gasteiger partial charge in [-0.15, -0.1) is 0 Å². The first-order chi connectivity index (χ1) is 9.65. The molecule has 1 N–H and O–H groups in total. The molecule has 0 saturated heterocycles. The van der Waals surface area contributed by atoms with Crippen LogP contribution in [-0.2, 0) is 4.74 Å². The molecule has 20 heavy (non-hydrogen) atoms. The van der Waals surface area contributed by atoms with Crippen LogP contribution >= 0.6 is 0 Å². The molecule has 2 rings (SSSR count). The van der Waals surface area contributed by atoms with Gasteiger partial charge in [-0.05, 0) is 48.8 Å². The predicted molar refractivity (Wildman–Crippen MR) is 80.4 cm³/mol. The summed E-state index contributed by atoms with van der Waals surface area (Å²) in [6.07, 6.45) is 3.34. The first-order valence-corrected chi connectivity index (χ1v) is 7.71. The molecular formula is C17H26FNO. The van der Waals surface area contributed by atoms with Gasteiger partial charge in [0.25, 0.3) is 0 Å². The van der Waals surface area contributed by atoms with E-state index < -0.39 is 0 Å². The van der Waals surface area contributed by atoms with E-state index in [2.05, 4.69) is 19.2 Å². The van der Waals surface area contributed by atoms with Gasteiger partial charge in [-0.25, -0.2) is 4.39 Å². The van der Waals surface area contributed by atoms with Gasteiger partial charge in [-0.2, -0.15) is 0 Å². The van der Waals surface area contributed by atoms with Gasteiger partial charge in [-0.1, -0.05) is 26.0 Å². The van der Waals surface area contributed by atoms with Crippen molar-refractivity contribution in [2.75, 3.05) is 19.8 Å². The van der Waals surface area contributed by atoms with E-state index in [1.807, 2.05) is 6.07 Å². The highest BCUT2D eigenvalue weighted by Crippen LogP contribution is 2.36. The molecule has 0 aliphatic heterocycles. The summed E-state index contributed by atoms with van der Waals surface area (Å²) in [6.45, 7) is 6.98. The second-order valence-corrected chi connectivity index (χ2v) is 6.17. The maximum absolute atomic E-state index is 13.1. The Morgan fingerprint density at radius 3 is 2.80 bits per heavy atom. The lowest BCUT2D eigenvalue weighted by molar-refractivity contribution is 0.119. The van der Waals surface area contributed by atoms with Crippen LogP contribution in [0.15, 0.2) is 24.3 Å². The Hall–Kier alpha value is -0.930. The van der Waals surface area contributed by atoms with E-state index in [4.69, 9.17) is 4.74 Å². The topological polar surface area (TPSA) is 21.3 Å². The summed E-state index contributed by atoms with van der Waals surface area (Å²) in [7, 11) is 0. The van der Waals surface area contributed by atoms with Gasteiger partial charge in [0.05, 0.1) is 6.61 Å². The Kier molecular flexibility index (Phi) is 5.99. The van der Waals surface area contributed by atoms with E-state index in [9.17, 15) is 4.39 Å². The Balaban J connectivity index is 1.54. The van der Waals surface area contributed by atoms with Gasteiger partial charge >= 0.3 is 0 Å². The summed E-state index contributed by atoms with van der Waals surface area (Å²) in [4.78, 5) is 0. The molecule has 1 aromatic carbocycles. The zero-order chi connectivity index (χ0) is 14.4. The van der Waals surface area contributed by atoms with Crippen LogP contribution in [-0.4, -0.2) is 25.8 Å². The number of hydrogen-bond donors (Lipinski definition) is 1. The summed E-state index contributed by atoms with van der Waals surface area (Å²) in [5.74, 6) is 1.10. The highest BCUT2D eigenvalue weighted by atomic mass is 19.1. The number of rotatable bonds is 8. The number of ether oxygens (including phenoxy) is 1. The van der Waals surface area contributed by atoms with E-state index >= 15 is 0 Å². The van der Waals surface area contributed by atoms with Gasteiger partial charge in [0.1, 0.15) is 5.82 Å². The molecule has 3 heteroatoms. The van der Waals surface area contributed by atoms with Crippen LogP contribution in [0.25, 0.3) is 0 Å².